The molecule has 3 N–H and O–H groups in total. The number of rotatable bonds is 4. The molecule has 1 heterocycles. The first-order chi connectivity index (χ1) is 9.03. The first kappa shape index (κ1) is 13.1. The number of ether oxygens (including phenoxy) is 1. The maximum Gasteiger partial charge on any atom is 0.265 e. The normalized spacial score (nSPS) is 11.0. The van der Waals surface area contributed by atoms with Gasteiger partial charge >= 0.3 is 0 Å². The van der Waals surface area contributed by atoms with Crippen molar-refractivity contribution in [2.45, 2.75) is 4.90 Å². The molecule has 1 aromatic carbocycles. The molecular formula is C11H12N4O3S. The molecule has 8 heteroatoms. The Labute approximate surface area is 110 Å². The lowest BCUT2D eigenvalue weighted by Gasteiger charge is -2.11. The number of nitrogens with zero attached hydrogens (tertiary/aromatic N) is 2. The molecule has 7 nitrogen and oxygen atoms in total. The van der Waals surface area contributed by atoms with Crippen LogP contribution in [0.25, 0.3) is 0 Å². The van der Waals surface area contributed by atoms with E-state index in [4.69, 9.17) is 10.5 Å². The van der Waals surface area contributed by atoms with Crippen LogP contribution in [0.3, 0.4) is 0 Å². The summed E-state index contributed by atoms with van der Waals surface area (Å²) in [6.45, 7) is 0. The van der Waals surface area contributed by atoms with E-state index in [1.54, 1.807) is 6.07 Å². The van der Waals surface area contributed by atoms with Crippen LogP contribution in [0.1, 0.15) is 0 Å². The Kier molecular flexibility index (Phi) is 3.52. The maximum atomic E-state index is 12.2. The number of nitrogens with two attached hydrogens (primary N) is 1. The highest BCUT2D eigenvalue weighted by atomic mass is 32.2. The Morgan fingerprint density at radius 1 is 1.26 bits per heavy atom. The second kappa shape index (κ2) is 5.11. The molecule has 0 atom stereocenters. The van der Waals surface area contributed by atoms with E-state index in [9.17, 15) is 8.42 Å². The molecule has 0 aliphatic rings. The van der Waals surface area contributed by atoms with Gasteiger partial charge in [-0.3, -0.25) is 4.72 Å². The minimum Gasteiger partial charge on any atom is -0.495 e. The number of benzene rings is 1. The number of sulfonamides is 1. The van der Waals surface area contributed by atoms with Gasteiger partial charge in [-0.05, 0) is 18.2 Å². The van der Waals surface area contributed by atoms with Gasteiger partial charge in [0.25, 0.3) is 10.0 Å². The van der Waals surface area contributed by atoms with Crippen molar-refractivity contribution >= 4 is 21.4 Å². The second-order valence-corrected chi connectivity index (χ2v) is 5.29. The van der Waals surface area contributed by atoms with Gasteiger partial charge in [-0.2, -0.15) is 0 Å². The lowest BCUT2D eigenvalue weighted by atomic mass is 10.3. The molecule has 0 fully saturated rings. The third-order valence-corrected chi connectivity index (χ3v) is 3.69. The van der Waals surface area contributed by atoms with E-state index in [-0.39, 0.29) is 16.3 Å². The van der Waals surface area contributed by atoms with Crippen LogP contribution in [0.5, 0.6) is 5.75 Å². The van der Waals surface area contributed by atoms with Crippen LogP contribution in [-0.4, -0.2) is 25.5 Å². The van der Waals surface area contributed by atoms with E-state index >= 15 is 0 Å². The molecular weight excluding hydrogens is 268 g/mol. The molecule has 0 aliphatic heterocycles. The van der Waals surface area contributed by atoms with Crippen molar-refractivity contribution in [1.82, 2.24) is 9.97 Å². The molecule has 0 radical (unpaired) electrons. The summed E-state index contributed by atoms with van der Waals surface area (Å²) in [5, 5.41) is 0. The molecule has 0 unspecified atom stereocenters. The van der Waals surface area contributed by atoms with Gasteiger partial charge in [0.05, 0.1) is 25.2 Å². The van der Waals surface area contributed by atoms with Crippen molar-refractivity contribution in [3.8, 4) is 5.75 Å². The zero-order valence-corrected chi connectivity index (χ0v) is 10.9. The van der Waals surface area contributed by atoms with Crippen LogP contribution in [0.2, 0.25) is 0 Å². The molecule has 2 rings (SSSR count). The summed E-state index contributed by atoms with van der Waals surface area (Å²) < 4.78 is 31.8. The van der Waals surface area contributed by atoms with Gasteiger partial charge in [0, 0.05) is 5.69 Å². The SMILES string of the molecule is COc1ccc(N)cc1S(=O)(=O)Nc1cncnc1. The Morgan fingerprint density at radius 3 is 2.58 bits per heavy atom. The van der Waals surface area contributed by atoms with Crippen LogP contribution in [-0.2, 0) is 10.0 Å². The van der Waals surface area contributed by atoms with Gasteiger partial charge in [0.1, 0.15) is 17.0 Å². The summed E-state index contributed by atoms with van der Waals surface area (Å²) in [5.74, 6) is 0.207. The van der Waals surface area contributed by atoms with Crippen LogP contribution >= 0.6 is 0 Å². The number of aromatic nitrogens is 2. The summed E-state index contributed by atoms with van der Waals surface area (Å²) in [6, 6.07) is 4.37. The monoisotopic (exact) mass is 280 g/mol. The minimum absolute atomic E-state index is 0.0427. The summed E-state index contributed by atoms with van der Waals surface area (Å²) in [5.41, 5.74) is 6.18. The number of nitrogen functional groups attached to an aromatic ring is 1. The maximum absolute atomic E-state index is 12.2. The van der Waals surface area contributed by atoms with Crippen molar-refractivity contribution in [2.24, 2.45) is 0 Å². The van der Waals surface area contributed by atoms with Gasteiger partial charge < -0.3 is 10.5 Å². The van der Waals surface area contributed by atoms with Crippen molar-refractivity contribution in [3.63, 3.8) is 0 Å². The van der Waals surface area contributed by atoms with E-state index in [0.29, 0.717) is 5.69 Å². The second-order valence-electron chi connectivity index (χ2n) is 3.64. The summed E-state index contributed by atoms with van der Waals surface area (Å²) in [7, 11) is -2.43. The van der Waals surface area contributed by atoms with Crippen LogP contribution in [0.4, 0.5) is 11.4 Å². The first-order valence-corrected chi connectivity index (χ1v) is 6.72. The Bertz CT molecular complexity index is 674. The van der Waals surface area contributed by atoms with Crippen molar-refractivity contribution < 1.29 is 13.2 Å². The average molecular weight is 280 g/mol. The Balaban J connectivity index is 2.42. The molecule has 0 saturated carbocycles. The first-order valence-electron chi connectivity index (χ1n) is 5.24. The third kappa shape index (κ3) is 2.91. The fourth-order valence-corrected chi connectivity index (χ4v) is 2.70. The molecule has 100 valence electrons. The Hall–Kier alpha value is -2.35. The number of methoxy groups -OCH3 is 1. The molecule has 0 spiro atoms. The predicted octanol–water partition coefficient (Wildman–Crippen LogP) is 0.868. The van der Waals surface area contributed by atoms with Gasteiger partial charge in [0.15, 0.2) is 0 Å². The molecule has 0 amide bonds. The van der Waals surface area contributed by atoms with Crippen molar-refractivity contribution in [2.75, 3.05) is 17.6 Å². The minimum atomic E-state index is -3.81. The van der Waals surface area contributed by atoms with E-state index in [1.165, 1.54) is 38.0 Å². The predicted molar refractivity (Wildman–Crippen MR) is 70.2 cm³/mol. The van der Waals surface area contributed by atoms with E-state index < -0.39 is 10.0 Å². The molecule has 0 saturated heterocycles. The molecule has 0 aliphatic carbocycles. The lowest BCUT2D eigenvalue weighted by Crippen LogP contribution is -2.14. The fraction of sp³-hybridized carbons (Fsp3) is 0.0909. The van der Waals surface area contributed by atoms with E-state index in [0.717, 1.165) is 0 Å². The zero-order chi connectivity index (χ0) is 13.9. The third-order valence-electron chi connectivity index (χ3n) is 2.29. The van der Waals surface area contributed by atoms with Gasteiger partial charge in [0.2, 0.25) is 0 Å². The largest absolute Gasteiger partial charge is 0.495 e. The highest BCUT2D eigenvalue weighted by molar-refractivity contribution is 7.92. The van der Waals surface area contributed by atoms with Crippen LogP contribution in [0.15, 0.2) is 41.8 Å². The fourth-order valence-electron chi connectivity index (χ4n) is 1.47. The van der Waals surface area contributed by atoms with Crippen molar-refractivity contribution in [1.29, 1.82) is 0 Å². The smallest absolute Gasteiger partial charge is 0.265 e. The van der Waals surface area contributed by atoms with Gasteiger partial charge in [-0.15, -0.1) is 0 Å². The lowest BCUT2D eigenvalue weighted by molar-refractivity contribution is 0.403. The average Bonchev–Trinajstić information content (AvgIpc) is 2.39. The summed E-state index contributed by atoms with van der Waals surface area (Å²) >= 11 is 0. The quantitative estimate of drug-likeness (QED) is 0.805. The molecule has 19 heavy (non-hydrogen) atoms. The van der Waals surface area contributed by atoms with Gasteiger partial charge in [-0.1, -0.05) is 0 Å². The summed E-state index contributed by atoms with van der Waals surface area (Å²) in [4.78, 5) is 7.41. The Morgan fingerprint density at radius 2 is 1.95 bits per heavy atom. The standard InChI is InChI=1S/C11H12N4O3S/c1-18-10-3-2-8(12)4-11(10)19(16,17)15-9-5-13-7-14-6-9/h2-7,15H,12H2,1H3. The zero-order valence-electron chi connectivity index (χ0n) is 10.1. The topological polar surface area (TPSA) is 107 Å². The van der Waals surface area contributed by atoms with E-state index in [2.05, 4.69) is 14.7 Å². The highest BCUT2D eigenvalue weighted by Gasteiger charge is 2.20. The molecule has 0 bridgehead atoms. The highest BCUT2D eigenvalue weighted by Crippen LogP contribution is 2.27. The summed E-state index contributed by atoms with van der Waals surface area (Å²) in [6.07, 6.45) is 4.01. The van der Waals surface area contributed by atoms with Crippen LogP contribution in [0, 0.1) is 0 Å². The number of anilines is 2. The van der Waals surface area contributed by atoms with Crippen molar-refractivity contribution in [3.05, 3.63) is 36.9 Å². The van der Waals surface area contributed by atoms with Crippen LogP contribution < -0.4 is 15.2 Å². The molecule has 2 aromatic rings. The molecule has 1 aromatic heterocycles. The number of nitrogens with one attached hydrogen (secondary N) is 1. The van der Waals surface area contributed by atoms with Gasteiger partial charge in [-0.25, -0.2) is 18.4 Å². The van der Waals surface area contributed by atoms with E-state index in [1.807, 2.05) is 0 Å². The number of hydrogen-bond acceptors (Lipinski definition) is 6. The number of hydrogen-bond donors (Lipinski definition) is 2.